The average Bonchev–Trinajstić information content (AvgIpc) is 2.92. The molecular formula is C16H24N4O. The minimum atomic E-state index is 0.0656. The minimum Gasteiger partial charge on any atom is -0.458 e. The number of benzene rings is 1. The first-order chi connectivity index (χ1) is 9.98. The molecule has 0 aliphatic carbocycles. The van der Waals surface area contributed by atoms with Gasteiger partial charge in [0.25, 0.3) is 0 Å². The molecule has 114 valence electrons. The van der Waals surface area contributed by atoms with Crippen molar-refractivity contribution in [3.8, 4) is 11.7 Å². The van der Waals surface area contributed by atoms with Crippen molar-refractivity contribution >= 4 is 0 Å². The monoisotopic (exact) mass is 288 g/mol. The molecule has 0 saturated carbocycles. The van der Waals surface area contributed by atoms with Gasteiger partial charge in [-0.05, 0) is 39.3 Å². The van der Waals surface area contributed by atoms with E-state index in [9.17, 15) is 0 Å². The Morgan fingerprint density at radius 3 is 2.57 bits per heavy atom. The first-order valence-corrected chi connectivity index (χ1v) is 7.36. The van der Waals surface area contributed by atoms with Crippen molar-refractivity contribution in [2.24, 2.45) is 0 Å². The fraction of sp³-hybridized carbons (Fsp3) is 0.500. The van der Waals surface area contributed by atoms with E-state index >= 15 is 0 Å². The molecule has 0 bridgehead atoms. The van der Waals surface area contributed by atoms with Crippen LogP contribution in [0.15, 0.2) is 36.7 Å². The standard InChI is InChI=1S/C16H24N4O/c1-5-14(11-18-16(2,3)4)21-15-17-12-20(19-15)13-9-7-6-8-10-13/h6-10,12,14,18H,5,11H2,1-4H3. The second-order valence-electron chi connectivity index (χ2n) is 6.09. The van der Waals surface area contributed by atoms with Crippen molar-refractivity contribution in [1.29, 1.82) is 0 Å². The normalized spacial score (nSPS) is 13.1. The fourth-order valence-corrected chi connectivity index (χ4v) is 1.85. The first kappa shape index (κ1) is 15.5. The number of hydrogen-bond acceptors (Lipinski definition) is 4. The Kier molecular flexibility index (Phi) is 4.96. The fourth-order valence-electron chi connectivity index (χ4n) is 1.85. The van der Waals surface area contributed by atoms with Crippen molar-refractivity contribution in [2.45, 2.75) is 45.8 Å². The van der Waals surface area contributed by atoms with Crippen LogP contribution in [0.2, 0.25) is 0 Å². The summed E-state index contributed by atoms with van der Waals surface area (Å²) in [5.74, 6) is 0. The molecule has 2 rings (SSSR count). The molecule has 0 saturated heterocycles. The van der Waals surface area contributed by atoms with Gasteiger partial charge in [-0.15, -0.1) is 5.10 Å². The van der Waals surface area contributed by atoms with E-state index in [1.54, 1.807) is 11.0 Å². The predicted octanol–water partition coefficient (Wildman–Crippen LogP) is 2.81. The molecule has 5 nitrogen and oxygen atoms in total. The van der Waals surface area contributed by atoms with Gasteiger partial charge in [-0.1, -0.05) is 25.1 Å². The lowest BCUT2D eigenvalue weighted by atomic mass is 10.1. The van der Waals surface area contributed by atoms with Crippen molar-refractivity contribution in [1.82, 2.24) is 20.1 Å². The van der Waals surface area contributed by atoms with E-state index < -0.39 is 0 Å². The second kappa shape index (κ2) is 6.72. The molecule has 1 heterocycles. The Bertz CT molecular complexity index is 545. The van der Waals surface area contributed by atoms with Gasteiger partial charge in [0, 0.05) is 12.1 Å². The SMILES string of the molecule is CCC(CNC(C)(C)C)Oc1ncn(-c2ccccc2)n1. The lowest BCUT2D eigenvalue weighted by Gasteiger charge is -2.24. The molecule has 1 unspecified atom stereocenters. The van der Waals surface area contributed by atoms with Gasteiger partial charge in [-0.25, -0.2) is 4.68 Å². The zero-order valence-corrected chi connectivity index (χ0v) is 13.2. The lowest BCUT2D eigenvalue weighted by Crippen LogP contribution is -2.42. The van der Waals surface area contributed by atoms with E-state index in [1.165, 1.54) is 0 Å². The summed E-state index contributed by atoms with van der Waals surface area (Å²) < 4.78 is 7.58. The minimum absolute atomic E-state index is 0.0656. The third kappa shape index (κ3) is 4.86. The molecule has 0 amide bonds. The molecule has 2 aromatic rings. The summed E-state index contributed by atoms with van der Waals surface area (Å²) in [5, 5.41) is 7.81. The summed E-state index contributed by atoms with van der Waals surface area (Å²) in [5.41, 5.74) is 1.05. The van der Waals surface area contributed by atoms with Crippen LogP contribution in [0.1, 0.15) is 34.1 Å². The summed E-state index contributed by atoms with van der Waals surface area (Å²) in [4.78, 5) is 4.23. The van der Waals surface area contributed by atoms with Crippen LogP contribution in [-0.4, -0.2) is 33.0 Å². The highest BCUT2D eigenvalue weighted by Crippen LogP contribution is 2.11. The highest BCUT2D eigenvalue weighted by Gasteiger charge is 2.15. The molecule has 1 atom stereocenters. The number of nitrogens with zero attached hydrogens (tertiary/aromatic N) is 3. The molecule has 0 aliphatic heterocycles. The van der Waals surface area contributed by atoms with Crippen molar-refractivity contribution in [2.75, 3.05) is 6.54 Å². The van der Waals surface area contributed by atoms with E-state index in [4.69, 9.17) is 4.74 Å². The van der Waals surface area contributed by atoms with Gasteiger partial charge in [0.05, 0.1) is 5.69 Å². The van der Waals surface area contributed by atoms with Gasteiger partial charge < -0.3 is 10.1 Å². The molecule has 0 fully saturated rings. The molecule has 1 aromatic carbocycles. The Hall–Kier alpha value is -1.88. The molecule has 1 N–H and O–H groups in total. The summed E-state index contributed by atoms with van der Waals surface area (Å²) in [7, 11) is 0. The number of nitrogens with one attached hydrogen (secondary N) is 1. The van der Waals surface area contributed by atoms with Crippen molar-refractivity contribution in [3.63, 3.8) is 0 Å². The number of aromatic nitrogens is 3. The second-order valence-corrected chi connectivity index (χ2v) is 6.09. The van der Waals surface area contributed by atoms with Gasteiger partial charge in [0.15, 0.2) is 0 Å². The van der Waals surface area contributed by atoms with Gasteiger partial charge in [0.1, 0.15) is 12.4 Å². The van der Waals surface area contributed by atoms with Crippen LogP contribution in [0.25, 0.3) is 5.69 Å². The molecule has 5 heteroatoms. The van der Waals surface area contributed by atoms with E-state index in [2.05, 4.69) is 43.1 Å². The third-order valence-electron chi connectivity index (χ3n) is 3.08. The van der Waals surface area contributed by atoms with Crippen LogP contribution < -0.4 is 10.1 Å². The number of hydrogen-bond donors (Lipinski definition) is 1. The number of rotatable bonds is 6. The van der Waals surface area contributed by atoms with Crippen LogP contribution in [-0.2, 0) is 0 Å². The summed E-state index contributed by atoms with van der Waals surface area (Å²) in [6.07, 6.45) is 2.65. The zero-order valence-electron chi connectivity index (χ0n) is 13.2. The largest absolute Gasteiger partial charge is 0.458 e. The zero-order chi connectivity index (χ0) is 15.3. The summed E-state index contributed by atoms with van der Waals surface area (Å²) in [6.45, 7) is 9.30. The number of ether oxygens (including phenoxy) is 1. The maximum Gasteiger partial charge on any atom is 0.336 e. The van der Waals surface area contributed by atoms with E-state index in [-0.39, 0.29) is 11.6 Å². The molecule has 0 spiro atoms. The van der Waals surface area contributed by atoms with Gasteiger partial charge in [-0.3, -0.25) is 0 Å². The summed E-state index contributed by atoms with van der Waals surface area (Å²) >= 11 is 0. The van der Waals surface area contributed by atoms with Crippen LogP contribution in [0.4, 0.5) is 0 Å². The maximum absolute atomic E-state index is 5.86. The van der Waals surface area contributed by atoms with Gasteiger partial charge in [0.2, 0.25) is 0 Å². The van der Waals surface area contributed by atoms with Crippen molar-refractivity contribution < 1.29 is 4.74 Å². The third-order valence-corrected chi connectivity index (χ3v) is 3.08. The Morgan fingerprint density at radius 1 is 1.24 bits per heavy atom. The maximum atomic E-state index is 5.86. The summed E-state index contributed by atoms with van der Waals surface area (Å²) in [6, 6.07) is 10.3. The molecular weight excluding hydrogens is 264 g/mol. The molecule has 0 aliphatic rings. The molecule has 1 aromatic heterocycles. The molecule has 21 heavy (non-hydrogen) atoms. The lowest BCUT2D eigenvalue weighted by molar-refractivity contribution is 0.167. The van der Waals surface area contributed by atoms with Crippen LogP contribution in [0.5, 0.6) is 6.01 Å². The predicted molar refractivity (Wildman–Crippen MR) is 83.8 cm³/mol. The smallest absolute Gasteiger partial charge is 0.336 e. The van der Waals surface area contributed by atoms with Gasteiger partial charge in [-0.2, -0.15) is 4.98 Å². The van der Waals surface area contributed by atoms with E-state index in [1.807, 2.05) is 30.3 Å². The Labute approximate surface area is 126 Å². The van der Waals surface area contributed by atoms with Crippen LogP contribution >= 0.6 is 0 Å². The average molecular weight is 288 g/mol. The topological polar surface area (TPSA) is 52.0 Å². The molecule has 0 radical (unpaired) electrons. The Balaban J connectivity index is 1.98. The highest BCUT2D eigenvalue weighted by molar-refractivity contribution is 5.29. The Morgan fingerprint density at radius 2 is 1.95 bits per heavy atom. The van der Waals surface area contributed by atoms with Crippen LogP contribution in [0, 0.1) is 0 Å². The van der Waals surface area contributed by atoms with E-state index in [0.29, 0.717) is 6.01 Å². The quantitative estimate of drug-likeness (QED) is 0.888. The van der Waals surface area contributed by atoms with Gasteiger partial charge >= 0.3 is 6.01 Å². The highest BCUT2D eigenvalue weighted by atomic mass is 16.5. The van der Waals surface area contributed by atoms with E-state index in [0.717, 1.165) is 18.7 Å². The van der Waals surface area contributed by atoms with Crippen molar-refractivity contribution in [3.05, 3.63) is 36.7 Å². The first-order valence-electron chi connectivity index (χ1n) is 7.36. The number of para-hydroxylation sites is 1. The van der Waals surface area contributed by atoms with Crippen LogP contribution in [0.3, 0.4) is 0 Å².